The first kappa shape index (κ1) is 13.8. The Morgan fingerprint density at radius 1 is 1.05 bits per heavy atom. The van der Waals surface area contributed by atoms with Gasteiger partial charge in [0.25, 0.3) is 11.8 Å². The molecule has 0 saturated heterocycles. The summed E-state index contributed by atoms with van der Waals surface area (Å²) in [4.78, 5) is 36.7. The van der Waals surface area contributed by atoms with E-state index in [1.807, 2.05) is 0 Å². The smallest absolute Gasteiger partial charge is 0.343 e. The highest BCUT2D eigenvalue weighted by Crippen LogP contribution is 2.26. The topological polar surface area (TPSA) is 89.7 Å². The molecule has 0 fully saturated rings. The van der Waals surface area contributed by atoms with Gasteiger partial charge in [-0.2, -0.15) is 0 Å². The highest BCUT2D eigenvalue weighted by Gasteiger charge is 2.33. The minimum Gasteiger partial charge on any atom is -0.423 e. The van der Waals surface area contributed by atoms with E-state index in [1.165, 1.54) is 31.3 Å². The van der Waals surface area contributed by atoms with Gasteiger partial charge in [-0.1, -0.05) is 6.07 Å². The predicted molar refractivity (Wildman–Crippen MR) is 78.7 cm³/mol. The molecule has 22 heavy (non-hydrogen) atoms. The summed E-state index contributed by atoms with van der Waals surface area (Å²) in [6.07, 6.45) is 0. The molecule has 0 atom stereocenters. The Balaban J connectivity index is 1.88. The number of esters is 1. The summed E-state index contributed by atoms with van der Waals surface area (Å²) < 4.78 is 5.22. The number of nitrogens with zero attached hydrogens (tertiary/aromatic N) is 1. The van der Waals surface area contributed by atoms with E-state index in [0.29, 0.717) is 16.8 Å². The molecule has 0 aliphatic carbocycles. The zero-order chi connectivity index (χ0) is 15.9. The van der Waals surface area contributed by atoms with Crippen LogP contribution < -0.4 is 10.5 Å². The monoisotopic (exact) mass is 296 g/mol. The van der Waals surface area contributed by atoms with Crippen LogP contribution in [-0.4, -0.2) is 29.7 Å². The van der Waals surface area contributed by atoms with Crippen molar-refractivity contribution in [3.05, 3.63) is 59.2 Å². The summed E-state index contributed by atoms with van der Waals surface area (Å²) >= 11 is 0. The van der Waals surface area contributed by atoms with Gasteiger partial charge in [0.15, 0.2) is 0 Å². The molecule has 2 aromatic rings. The van der Waals surface area contributed by atoms with Gasteiger partial charge in [-0.25, -0.2) is 4.79 Å². The number of anilines is 1. The number of ether oxygens (including phenoxy) is 1. The maximum absolute atomic E-state index is 12.0. The summed E-state index contributed by atoms with van der Waals surface area (Å²) in [5.41, 5.74) is 6.90. The molecule has 0 radical (unpaired) electrons. The van der Waals surface area contributed by atoms with Gasteiger partial charge in [-0.15, -0.1) is 0 Å². The quantitative estimate of drug-likeness (QED) is 0.394. The van der Waals surface area contributed by atoms with E-state index < -0.39 is 11.9 Å². The van der Waals surface area contributed by atoms with Crippen molar-refractivity contribution < 1.29 is 19.1 Å². The van der Waals surface area contributed by atoms with Gasteiger partial charge in [-0.05, 0) is 36.4 Å². The van der Waals surface area contributed by atoms with Crippen molar-refractivity contribution in [3.8, 4) is 5.75 Å². The summed E-state index contributed by atoms with van der Waals surface area (Å²) in [5.74, 6) is -1.17. The number of carbonyl (C=O) groups excluding carboxylic acids is 3. The zero-order valence-electron chi connectivity index (χ0n) is 11.7. The minimum absolute atomic E-state index is 0.197. The van der Waals surface area contributed by atoms with Crippen molar-refractivity contribution in [2.75, 3.05) is 12.8 Å². The van der Waals surface area contributed by atoms with E-state index >= 15 is 0 Å². The molecule has 6 nitrogen and oxygen atoms in total. The maximum Gasteiger partial charge on any atom is 0.343 e. The van der Waals surface area contributed by atoms with Gasteiger partial charge in [0.1, 0.15) is 5.75 Å². The molecular formula is C16H12N2O4. The Bertz CT molecular complexity index is 814. The molecule has 0 spiro atoms. The van der Waals surface area contributed by atoms with Crippen molar-refractivity contribution in [1.29, 1.82) is 0 Å². The summed E-state index contributed by atoms with van der Waals surface area (Å²) in [6.45, 7) is 0. The standard InChI is InChI=1S/C16H12N2O4/c1-18-14(19)12-6-5-11(8-13(12)15(18)20)22-16(21)9-3-2-4-10(17)7-9/h2-8H,17H2,1H3. The van der Waals surface area contributed by atoms with Gasteiger partial charge >= 0.3 is 5.97 Å². The lowest BCUT2D eigenvalue weighted by molar-refractivity contribution is 0.0687. The molecule has 2 amide bonds. The fourth-order valence-corrected chi connectivity index (χ4v) is 2.24. The molecule has 2 aromatic carbocycles. The first-order valence-electron chi connectivity index (χ1n) is 6.51. The summed E-state index contributed by atoms with van der Waals surface area (Å²) in [6, 6.07) is 10.7. The van der Waals surface area contributed by atoms with Crippen molar-refractivity contribution in [2.24, 2.45) is 0 Å². The molecule has 0 saturated carbocycles. The third-order valence-electron chi connectivity index (χ3n) is 3.39. The van der Waals surface area contributed by atoms with E-state index in [-0.39, 0.29) is 17.2 Å². The van der Waals surface area contributed by atoms with E-state index in [9.17, 15) is 14.4 Å². The van der Waals surface area contributed by atoms with Crippen LogP contribution in [0, 0.1) is 0 Å². The number of hydrogen-bond acceptors (Lipinski definition) is 5. The third-order valence-corrected chi connectivity index (χ3v) is 3.39. The van der Waals surface area contributed by atoms with E-state index in [2.05, 4.69) is 0 Å². The highest BCUT2D eigenvalue weighted by atomic mass is 16.5. The molecule has 0 unspecified atom stereocenters. The number of hydrogen-bond donors (Lipinski definition) is 1. The van der Waals surface area contributed by atoms with Gasteiger partial charge < -0.3 is 10.5 Å². The van der Waals surface area contributed by atoms with Gasteiger partial charge in [-0.3, -0.25) is 14.5 Å². The molecule has 1 aliphatic heterocycles. The van der Waals surface area contributed by atoms with E-state index in [1.54, 1.807) is 18.2 Å². The second-order valence-corrected chi connectivity index (χ2v) is 4.89. The van der Waals surface area contributed by atoms with Crippen LogP contribution in [0.4, 0.5) is 5.69 Å². The third kappa shape index (κ3) is 2.20. The lowest BCUT2D eigenvalue weighted by Crippen LogP contribution is -2.24. The fourth-order valence-electron chi connectivity index (χ4n) is 2.24. The number of rotatable bonds is 2. The Kier molecular flexibility index (Phi) is 3.14. The maximum atomic E-state index is 12.0. The first-order chi connectivity index (χ1) is 10.5. The van der Waals surface area contributed by atoms with E-state index in [4.69, 9.17) is 10.5 Å². The zero-order valence-corrected chi connectivity index (χ0v) is 11.7. The lowest BCUT2D eigenvalue weighted by Gasteiger charge is -2.06. The van der Waals surface area contributed by atoms with Gasteiger partial charge in [0.2, 0.25) is 0 Å². The van der Waals surface area contributed by atoms with Crippen LogP contribution >= 0.6 is 0 Å². The number of amides is 2. The number of nitrogens with two attached hydrogens (primary N) is 1. The SMILES string of the molecule is CN1C(=O)c2ccc(OC(=O)c3cccc(N)c3)cc2C1=O. The van der Waals surface area contributed by atoms with Crippen LogP contribution in [0.15, 0.2) is 42.5 Å². The number of nitrogen functional groups attached to an aromatic ring is 1. The Hall–Kier alpha value is -3.15. The van der Waals surface area contributed by atoms with Crippen LogP contribution in [-0.2, 0) is 0 Å². The lowest BCUT2D eigenvalue weighted by atomic mass is 10.1. The molecule has 6 heteroatoms. The number of imide groups is 1. The minimum atomic E-state index is -0.586. The molecule has 1 aliphatic rings. The van der Waals surface area contributed by atoms with Crippen LogP contribution in [0.5, 0.6) is 5.75 Å². The van der Waals surface area contributed by atoms with Crippen LogP contribution in [0.2, 0.25) is 0 Å². The average molecular weight is 296 g/mol. The van der Waals surface area contributed by atoms with Gasteiger partial charge in [0, 0.05) is 12.7 Å². The van der Waals surface area contributed by atoms with Crippen molar-refractivity contribution in [2.45, 2.75) is 0 Å². The first-order valence-corrected chi connectivity index (χ1v) is 6.51. The van der Waals surface area contributed by atoms with Crippen LogP contribution in [0.3, 0.4) is 0 Å². The molecular weight excluding hydrogens is 284 g/mol. The highest BCUT2D eigenvalue weighted by molar-refractivity contribution is 6.21. The Morgan fingerprint density at radius 2 is 1.77 bits per heavy atom. The molecule has 0 bridgehead atoms. The summed E-state index contributed by atoms with van der Waals surface area (Å²) in [7, 11) is 1.41. The molecule has 2 N–H and O–H groups in total. The van der Waals surface area contributed by atoms with Crippen molar-refractivity contribution >= 4 is 23.5 Å². The second-order valence-electron chi connectivity index (χ2n) is 4.89. The molecule has 1 heterocycles. The molecule has 3 rings (SSSR count). The average Bonchev–Trinajstić information content (AvgIpc) is 2.72. The van der Waals surface area contributed by atoms with E-state index in [0.717, 1.165) is 4.90 Å². The number of benzene rings is 2. The number of fused-ring (bicyclic) bond motifs is 1. The number of carbonyl (C=O) groups is 3. The fraction of sp³-hybridized carbons (Fsp3) is 0.0625. The Labute approximate surface area is 126 Å². The normalized spacial score (nSPS) is 13.2. The van der Waals surface area contributed by atoms with Gasteiger partial charge in [0.05, 0.1) is 16.7 Å². The van der Waals surface area contributed by atoms with Crippen LogP contribution in [0.1, 0.15) is 31.1 Å². The van der Waals surface area contributed by atoms with Crippen LogP contribution in [0.25, 0.3) is 0 Å². The molecule has 0 aromatic heterocycles. The second kappa shape index (κ2) is 5.00. The molecule has 110 valence electrons. The Morgan fingerprint density at radius 3 is 2.50 bits per heavy atom. The summed E-state index contributed by atoms with van der Waals surface area (Å²) in [5, 5.41) is 0. The largest absolute Gasteiger partial charge is 0.423 e. The van der Waals surface area contributed by atoms with Crippen molar-refractivity contribution in [1.82, 2.24) is 4.90 Å². The predicted octanol–water partition coefficient (Wildman–Crippen LogP) is 1.71. The van der Waals surface area contributed by atoms with Crippen molar-refractivity contribution in [3.63, 3.8) is 0 Å².